The number of anilines is 1. The van der Waals surface area contributed by atoms with Crippen LogP contribution in [0.2, 0.25) is 0 Å². The van der Waals surface area contributed by atoms with Crippen LogP contribution in [0.5, 0.6) is 5.75 Å². The van der Waals surface area contributed by atoms with Crippen LogP contribution in [0.1, 0.15) is 29.2 Å². The summed E-state index contributed by atoms with van der Waals surface area (Å²) >= 11 is 0. The molecular weight excluding hydrogens is 478 g/mol. The predicted octanol–water partition coefficient (Wildman–Crippen LogP) is 2.46. The molecule has 2 amide bonds. The van der Waals surface area contributed by atoms with Gasteiger partial charge in [-0.3, -0.25) is 9.59 Å². The van der Waals surface area contributed by atoms with Crippen LogP contribution >= 0.6 is 12.4 Å². The number of methoxy groups -OCH3 is 1. The highest BCUT2D eigenvalue weighted by atomic mass is 35.5. The van der Waals surface area contributed by atoms with E-state index in [2.05, 4.69) is 22.8 Å². The lowest BCUT2D eigenvalue weighted by molar-refractivity contribution is -0.130. The third-order valence-electron chi connectivity index (χ3n) is 6.48. The second-order valence-electron chi connectivity index (χ2n) is 8.87. The van der Waals surface area contributed by atoms with Crippen molar-refractivity contribution in [2.24, 2.45) is 0 Å². The van der Waals surface area contributed by atoms with Crippen LogP contribution in [0.4, 0.5) is 5.69 Å². The maximum absolute atomic E-state index is 13.4. The molecule has 2 aromatic carbocycles. The first-order valence-corrected chi connectivity index (χ1v) is 12.0. The monoisotopic (exact) mass is 513 g/mol. The summed E-state index contributed by atoms with van der Waals surface area (Å²) in [7, 11) is 3.47. The van der Waals surface area contributed by atoms with Gasteiger partial charge in [-0.05, 0) is 67.3 Å². The zero-order chi connectivity index (χ0) is 25.4. The Morgan fingerprint density at radius 1 is 1.11 bits per heavy atom. The number of carbonyl (C=O) groups excluding carboxylic acids is 2. The van der Waals surface area contributed by atoms with Crippen molar-refractivity contribution in [2.75, 3.05) is 51.8 Å². The average Bonchev–Trinajstić information content (AvgIpc) is 3.29. The van der Waals surface area contributed by atoms with Crippen molar-refractivity contribution in [3.63, 3.8) is 0 Å². The van der Waals surface area contributed by atoms with Crippen LogP contribution in [0, 0.1) is 18.3 Å². The minimum Gasteiger partial charge on any atom is -0.497 e. The average molecular weight is 514 g/mol. The van der Waals surface area contributed by atoms with Crippen molar-refractivity contribution in [2.45, 2.75) is 32.7 Å². The highest BCUT2D eigenvalue weighted by Crippen LogP contribution is 2.29. The van der Waals surface area contributed by atoms with E-state index in [1.807, 2.05) is 39.1 Å². The minimum atomic E-state index is -0.166. The van der Waals surface area contributed by atoms with E-state index in [1.165, 1.54) is 11.1 Å². The SMILES string of the molecule is CCNCCNC(=O)CN(CC(=O)N(C)C1Cc2ccc(OC)cc2C1)c1cc(C#N)ccc1C.Cl. The summed E-state index contributed by atoms with van der Waals surface area (Å²) in [5.74, 6) is 0.579. The molecule has 3 rings (SSSR count). The predicted molar refractivity (Wildman–Crippen MR) is 144 cm³/mol. The van der Waals surface area contributed by atoms with E-state index < -0.39 is 0 Å². The van der Waals surface area contributed by atoms with Gasteiger partial charge in [-0.25, -0.2) is 0 Å². The first-order chi connectivity index (χ1) is 16.9. The summed E-state index contributed by atoms with van der Waals surface area (Å²) in [5, 5.41) is 15.5. The number of benzene rings is 2. The van der Waals surface area contributed by atoms with Gasteiger partial charge in [0.15, 0.2) is 0 Å². The molecule has 36 heavy (non-hydrogen) atoms. The molecule has 2 aromatic rings. The van der Waals surface area contributed by atoms with Crippen molar-refractivity contribution >= 4 is 29.9 Å². The number of nitrogens with one attached hydrogen (secondary N) is 2. The summed E-state index contributed by atoms with van der Waals surface area (Å²) in [6, 6.07) is 13.6. The fourth-order valence-electron chi connectivity index (χ4n) is 4.39. The highest BCUT2D eigenvalue weighted by Gasteiger charge is 2.29. The zero-order valence-electron chi connectivity index (χ0n) is 21.5. The first-order valence-electron chi connectivity index (χ1n) is 12.0. The van der Waals surface area contributed by atoms with E-state index >= 15 is 0 Å². The fraction of sp³-hybridized carbons (Fsp3) is 0.444. The number of hydrogen-bond donors (Lipinski definition) is 2. The molecule has 194 valence electrons. The van der Waals surface area contributed by atoms with Gasteiger partial charge in [0.05, 0.1) is 31.8 Å². The van der Waals surface area contributed by atoms with E-state index in [1.54, 1.807) is 29.0 Å². The Hall–Kier alpha value is -3.28. The minimum absolute atomic E-state index is 0. The van der Waals surface area contributed by atoms with Gasteiger partial charge in [-0.15, -0.1) is 12.4 Å². The number of ether oxygens (including phenoxy) is 1. The van der Waals surface area contributed by atoms with Crippen LogP contribution in [0.3, 0.4) is 0 Å². The van der Waals surface area contributed by atoms with Gasteiger partial charge in [0, 0.05) is 31.9 Å². The fourth-order valence-corrected chi connectivity index (χ4v) is 4.39. The van der Waals surface area contributed by atoms with Crippen LogP contribution < -0.4 is 20.3 Å². The molecule has 0 fully saturated rings. The van der Waals surface area contributed by atoms with E-state index in [0.717, 1.165) is 30.7 Å². The first kappa shape index (κ1) is 29.0. The third kappa shape index (κ3) is 7.36. The number of likely N-dealkylation sites (N-methyl/N-ethyl adjacent to an activating group) is 2. The van der Waals surface area contributed by atoms with Gasteiger partial charge in [-0.1, -0.05) is 19.1 Å². The molecule has 2 N–H and O–H groups in total. The largest absolute Gasteiger partial charge is 0.497 e. The molecule has 0 aliphatic heterocycles. The Bertz CT molecular complexity index is 1100. The molecule has 0 saturated carbocycles. The molecule has 0 heterocycles. The third-order valence-corrected chi connectivity index (χ3v) is 6.48. The number of amides is 2. The molecule has 1 aliphatic carbocycles. The summed E-state index contributed by atoms with van der Waals surface area (Å²) in [5.41, 5.74) is 4.53. The van der Waals surface area contributed by atoms with E-state index in [4.69, 9.17) is 4.74 Å². The molecular formula is C27H36ClN5O3. The Kier molecular flexibility index (Phi) is 11.0. The summed E-state index contributed by atoms with van der Waals surface area (Å²) in [4.78, 5) is 29.6. The second kappa shape index (κ2) is 13.7. The molecule has 9 heteroatoms. The maximum Gasteiger partial charge on any atom is 0.242 e. The van der Waals surface area contributed by atoms with Crippen molar-refractivity contribution in [3.8, 4) is 11.8 Å². The summed E-state index contributed by atoms with van der Waals surface area (Å²) in [6.45, 7) is 6.03. The number of nitriles is 1. The normalized spacial score (nSPS) is 13.7. The molecule has 0 bridgehead atoms. The number of halogens is 1. The van der Waals surface area contributed by atoms with Gasteiger partial charge in [-0.2, -0.15) is 5.26 Å². The number of nitrogens with zero attached hydrogens (tertiary/aromatic N) is 3. The van der Waals surface area contributed by atoms with Gasteiger partial charge in [0.25, 0.3) is 0 Å². The van der Waals surface area contributed by atoms with E-state index in [9.17, 15) is 14.9 Å². The Morgan fingerprint density at radius 3 is 2.56 bits per heavy atom. The van der Waals surface area contributed by atoms with Crippen molar-refractivity contribution in [1.82, 2.24) is 15.5 Å². The second-order valence-corrected chi connectivity index (χ2v) is 8.87. The van der Waals surface area contributed by atoms with Crippen molar-refractivity contribution in [3.05, 3.63) is 58.7 Å². The molecule has 0 radical (unpaired) electrons. The molecule has 0 aromatic heterocycles. The van der Waals surface area contributed by atoms with Crippen LogP contribution in [0.25, 0.3) is 0 Å². The lowest BCUT2D eigenvalue weighted by Gasteiger charge is -2.30. The highest BCUT2D eigenvalue weighted by molar-refractivity contribution is 5.87. The van der Waals surface area contributed by atoms with Gasteiger partial charge in [0.2, 0.25) is 11.8 Å². The Balaban J connectivity index is 0.00000456. The topological polar surface area (TPSA) is 97.7 Å². The molecule has 0 spiro atoms. The van der Waals surface area contributed by atoms with Gasteiger partial charge >= 0.3 is 0 Å². The van der Waals surface area contributed by atoms with Crippen LogP contribution in [-0.4, -0.2) is 69.6 Å². The summed E-state index contributed by atoms with van der Waals surface area (Å²) < 4.78 is 5.34. The number of fused-ring (bicyclic) bond motifs is 1. The lowest BCUT2D eigenvalue weighted by atomic mass is 10.1. The number of rotatable bonds is 11. The number of aryl methyl sites for hydroxylation is 1. The molecule has 8 nitrogen and oxygen atoms in total. The van der Waals surface area contributed by atoms with Crippen molar-refractivity contribution in [1.29, 1.82) is 5.26 Å². The van der Waals surface area contributed by atoms with Crippen molar-refractivity contribution < 1.29 is 14.3 Å². The smallest absolute Gasteiger partial charge is 0.242 e. The molecule has 1 atom stereocenters. The lowest BCUT2D eigenvalue weighted by Crippen LogP contribution is -2.47. The van der Waals surface area contributed by atoms with Crippen LogP contribution in [-0.2, 0) is 22.4 Å². The zero-order valence-corrected chi connectivity index (χ0v) is 22.3. The Labute approximate surface area is 220 Å². The number of carbonyl (C=O) groups is 2. The van der Waals surface area contributed by atoms with E-state index in [-0.39, 0.29) is 43.4 Å². The standard InChI is InChI=1S/C27H35N5O3.ClH/c1-5-29-10-11-30-26(33)17-32(25-12-20(16-28)7-6-19(25)2)18-27(34)31(3)23-13-21-8-9-24(35-4)15-22(21)14-23;/h6-9,12,15,23,29H,5,10-11,13-14,17-18H2,1-4H3,(H,30,33);1H. The summed E-state index contributed by atoms with van der Waals surface area (Å²) in [6.07, 6.45) is 1.55. The maximum atomic E-state index is 13.4. The molecule has 1 unspecified atom stereocenters. The van der Waals surface area contributed by atoms with Gasteiger partial charge < -0.3 is 25.2 Å². The molecule has 0 saturated heterocycles. The van der Waals surface area contributed by atoms with Gasteiger partial charge in [0.1, 0.15) is 5.75 Å². The Morgan fingerprint density at radius 2 is 1.86 bits per heavy atom. The quantitative estimate of drug-likeness (QED) is 0.448. The number of hydrogen-bond acceptors (Lipinski definition) is 6. The van der Waals surface area contributed by atoms with E-state index in [0.29, 0.717) is 24.3 Å². The molecule has 1 aliphatic rings. The van der Waals surface area contributed by atoms with Crippen LogP contribution in [0.15, 0.2) is 36.4 Å².